The fraction of sp³-hybridized carbons (Fsp3) is 0.222. The van der Waals surface area contributed by atoms with Crippen LogP contribution in [0, 0.1) is 13.8 Å². The number of carbonyl (C=O) groups is 1. The monoisotopic (exact) mass is 387 g/mol. The molecule has 1 amide bonds. The van der Waals surface area contributed by atoms with Gasteiger partial charge in [-0.1, -0.05) is 0 Å². The van der Waals surface area contributed by atoms with Gasteiger partial charge in [0.25, 0.3) is 5.91 Å². The summed E-state index contributed by atoms with van der Waals surface area (Å²) in [7, 11) is 0. The number of aromatic nitrogens is 2. The number of amides is 1. The van der Waals surface area contributed by atoms with Crippen LogP contribution in [0.1, 0.15) is 28.7 Å². The Morgan fingerprint density at radius 1 is 1.29 bits per heavy atom. The highest BCUT2D eigenvalue weighted by Gasteiger charge is 2.18. The Balaban J connectivity index is 1.92. The summed E-state index contributed by atoms with van der Waals surface area (Å²) in [6.07, 6.45) is 1.86. The smallest absolute Gasteiger partial charge is 0.274 e. The maximum Gasteiger partial charge on any atom is 0.274 e. The molecule has 0 unspecified atom stereocenters. The van der Waals surface area contributed by atoms with Crippen molar-refractivity contribution in [1.82, 2.24) is 9.38 Å². The minimum Gasteiger partial charge on any atom is -0.494 e. The van der Waals surface area contributed by atoms with Crippen molar-refractivity contribution in [1.29, 1.82) is 0 Å². The first-order valence-corrected chi connectivity index (χ1v) is 8.48. The second-order valence-corrected chi connectivity index (χ2v) is 6.41. The molecule has 24 heavy (non-hydrogen) atoms. The first kappa shape index (κ1) is 16.5. The normalized spacial score (nSPS) is 10.8. The van der Waals surface area contributed by atoms with Crippen LogP contribution < -0.4 is 10.1 Å². The van der Waals surface area contributed by atoms with Gasteiger partial charge in [0.2, 0.25) is 0 Å². The summed E-state index contributed by atoms with van der Waals surface area (Å²) in [5.41, 5.74) is 3.73. The number of nitrogens with zero attached hydrogens (tertiary/aromatic N) is 2. The Morgan fingerprint density at radius 3 is 2.67 bits per heavy atom. The molecule has 1 N–H and O–H groups in total. The maximum absolute atomic E-state index is 12.7. The van der Waals surface area contributed by atoms with Gasteiger partial charge < -0.3 is 10.1 Å². The lowest BCUT2D eigenvalue weighted by Gasteiger charge is -2.08. The van der Waals surface area contributed by atoms with Gasteiger partial charge >= 0.3 is 0 Å². The van der Waals surface area contributed by atoms with Crippen LogP contribution in [0.3, 0.4) is 0 Å². The average Bonchev–Trinajstić information content (AvgIpc) is 2.86. The summed E-state index contributed by atoms with van der Waals surface area (Å²) in [4.78, 5) is 17.2. The van der Waals surface area contributed by atoms with Gasteiger partial charge in [-0.15, -0.1) is 0 Å². The molecule has 0 spiro atoms. The van der Waals surface area contributed by atoms with Gasteiger partial charge in [0.05, 0.1) is 12.3 Å². The zero-order valence-corrected chi connectivity index (χ0v) is 15.3. The third-order valence-corrected chi connectivity index (χ3v) is 4.12. The number of hydrogen-bond acceptors (Lipinski definition) is 3. The van der Waals surface area contributed by atoms with Gasteiger partial charge in [-0.05, 0) is 72.6 Å². The molecule has 0 aliphatic carbocycles. The Morgan fingerprint density at radius 2 is 2.00 bits per heavy atom. The summed E-state index contributed by atoms with van der Waals surface area (Å²) >= 11 is 3.47. The molecule has 0 saturated heterocycles. The molecule has 124 valence electrons. The molecule has 0 saturated carbocycles. The van der Waals surface area contributed by atoms with Crippen LogP contribution in [0.4, 0.5) is 5.69 Å². The number of pyridine rings is 1. The first-order chi connectivity index (χ1) is 11.5. The van der Waals surface area contributed by atoms with Crippen molar-refractivity contribution in [3.8, 4) is 5.75 Å². The third-order valence-electron chi connectivity index (χ3n) is 3.68. The highest BCUT2D eigenvalue weighted by molar-refractivity contribution is 9.10. The maximum atomic E-state index is 12.7. The van der Waals surface area contributed by atoms with Crippen molar-refractivity contribution in [3.05, 3.63) is 58.0 Å². The zero-order chi connectivity index (χ0) is 17.3. The second-order valence-electron chi connectivity index (χ2n) is 5.49. The van der Waals surface area contributed by atoms with E-state index in [1.807, 2.05) is 61.7 Å². The predicted molar refractivity (Wildman–Crippen MR) is 97.9 cm³/mol. The highest BCUT2D eigenvalue weighted by Crippen LogP contribution is 2.22. The minimum absolute atomic E-state index is 0.193. The van der Waals surface area contributed by atoms with Gasteiger partial charge in [0, 0.05) is 16.4 Å². The SMILES string of the molecule is CCOc1ccc(NC(=O)c2c(C)nc3c(C)cc(Br)cn23)cc1. The number of ether oxygens (including phenoxy) is 1. The molecule has 3 aromatic rings. The van der Waals surface area contributed by atoms with Crippen molar-refractivity contribution in [2.24, 2.45) is 0 Å². The number of carbonyl (C=O) groups excluding carboxylic acids is 1. The van der Waals surface area contributed by atoms with E-state index in [4.69, 9.17) is 4.74 Å². The van der Waals surface area contributed by atoms with Gasteiger partial charge in [-0.25, -0.2) is 4.98 Å². The van der Waals surface area contributed by atoms with Gasteiger partial charge in [-0.3, -0.25) is 9.20 Å². The standard InChI is InChI=1S/C18H18BrN3O2/c1-4-24-15-7-5-14(6-8-15)21-18(23)16-12(3)20-17-11(2)9-13(19)10-22(16)17/h5-10H,4H2,1-3H3,(H,21,23). The van der Waals surface area contributed by atoms with E-state index < -0.39 is 0 Å². The van der Waals surface area contributed by atoms with E-state index in [0.29, 0.717) is 23.7 Å². The first-order valence-electron chi connectivity index (χ1n) is 7.68. The van der Waals surface area contributed by atoms with E-state index in [2.05, 4.69) is 26.2 Å². The fourth-order valence-electron chi connectivity index (χ4n) is 2.65. The van der Waals surface area contributed by atoms with Crippen molar-refractivity contribution in [2.45, 2.75) is 20.8 Å². The largest absolute Gasteiger partial charge is 0.494 e. The number of rotatable bonds is 4. The number of aryl methyl sites for hydroxylation is 2. The summed E-state index contributed by atoms with van der Waals surface area (Å²) in [6, 6.07) is 9.30. The Kier molecular flexibility index (Phi) is 4.57. The Hall–Kier alpha value is -2.34. The zero-order valence-electron chi connectivity index (χ0n) is 13.8. The van der Waals surface area contributed by atoms with E-state index >= 15 is 0 Å². The number of halogens is 1. The molecule has 2 aromatic heterocycles. The molecule has 0 aliphatic rings. The molecule has 0 aliphatic heterocycles. The minimum atomic E-state index is -0.193. The van der Waals surface area contributed by atoms with E-state index in [0.717, 1.165) is 21.4 Å². The van der Waals surface area contributed by atoms with Crippen molar-refractivity contribution >= 4 is 33.2 Å². The molecule has 0 radical (unpaired) electrons. The molecule has 2 heterocycles. The molecule has 3 rings (SSSR count). The summed E-state index contributed by atoms with van der Waals surface area (Å²) in [5.74, 6) is 0.586. The van der Waals surface area contributed by atoms with Crippen LogP contribution >= 0.6 is 15.9 Å². The van der Waals surface area contributed by atoms with Crippen molar-refractivity contribution in [2.75, 3.05) is 11.9 Å². The lowest BCUT2D eigenvalue weighted by Crippen LogP contribution is -2.15. The fourth-order valence-corrected chi connectivity index (χ4v) is 3.20. The lowest BCUT2D eigenvalue weighted by molar-refractivity contribution is 0.102. The lowest BCUT2D eigenvalue weighted by atomic mass is 10.2. The van der Waals surface area contributed by atoms with E-state index in [1.54, 1.807) is 0 Å². The molecule has 5 nitrogen and oxygen atoms in total. The van der Waals surface area contributed by atoms with E-state index in [-0.39, 0.29) is 5.91 Å². The van der Waals surface area contributed by atoms with Gasteiger partial charge in [0.1, 0.15) is 17.1 Å². The van der Waals surface area contributed by atoms with E-state index in [9.17, 15) is 4.79 Å². The van der Waals surface area contributed by atoms with Crippen LogP contribution in [0.5, 0.6) is 5.75 Å². The van der Waals surface area contributed by atoms with Crippen LogP contribution in [-0.4, -0.2) is 21.9 Å². The summed E-state index contributed by atoms with van der Waals surface area (Å²) < 4.78 is 8.13. The average molecular weight is 388 g/mol. The topological polar surface area (TPSA) is 55.6 Å². The predicted octanol–water partition coefficient (Wildman–Crippen LogP) is 4.36. The summed E-state index contributed by atoms with van der Waals surface area (Å²) in [6.45, 7) is 6.36. The number of fused-ring (bicyclic) bond motifs is 1. The van der Waals surface area contributed by atoms with Crippen LogP contribution in [0.25, 0.3) is 5.65 Å². The Labute approximate surface area is 148 Å². The van der Waals surface area contributed by atoms with Crippen LogP contribution in [0.15, 0.2) is 41.0 Å². The quantitative estimate of drug-likeness (QED) is 0.723. The van der Waals surface area contributed by atoms with Crippen molar-refractivity contribution < 1.29 is 9.53 Å². The van der Waals surface area contributed by atoms with Crippen molar-refractivity contribution in [3.63, 3.8) is 0 Å². The molecular formula is C18H18BrN3O2. The number of hydrogen-bond donors (Lipinski definition) is 1. The second kappa shape index (κ2) is 6.65. The molecule has 0 atom stereocenters. The molecule has 0 fully saturated rings. The van der Waals surface area contributed by atoms with Gasteiger partial charge in [0.15, 0.2) is 0 Å². The molecule has 6 heteroatoms. The highest BCUT2D eigenvalue weighted by atomic mass is 79.9. The van der Waals surface area contributed by atoms with Crippen LogP contribution in [-0.2, 0) is 0 Å². The van der Waals surface area contributed by atoms with Gasteiger partial charge in [-0.2, -0.15) is 0 Å². The molecule has 1 aromatic carbocycles. The van der Waals surface area contributed by atoms with Crippen LogP contribution in [0.2, 0.25) is 0 Å². The number of nitrogens with one attached hydrogen (secondary N) is 1. The number of benzene rings is 1. The van der Waals surface area contributed by atoms with E-state index in [1.165, 1.54) is 0 Å². The third kappa shape index (κ3) is 3.14. The number of anilines is 1. The Bertz CT molecular complexity index is 901. The summed E-state index contributed by atoms with van der Waals surface area (Å²) in [5, 5.41) is 2.91. The molecular weight excluding hydrogens is 370 g/mol. The number of imidazole rings is 1. The molecule has 0 bridgehead atoms.